The zero-order valence-corrected chi connectivity index (χ0v) is 11.9. The summed E-state index contributed by atoms with van der Waals surface area (Å²) >= 11 is 1.13. The Morgan fingerprint density at radius 2 is 2.11 bits per heavy atom. The number of hydrogen-bond donors (Lipinski definition) is 0. The van der Waals surface area contributed by atoms with Crippen LogP contribution in [-0.2, 0) is 4.74 Å². The molecule has 0 N–H and O–H groups in total. The van der Waals surface area contributed by atoms with Crippen LogP contribution < -0.4 is 4.74 Å². The van der Waals surface area contributed by atoms with Crippen molar-refractivity contribution in [3.05, 3.63) is 5.01 Å². The Bertz CT molecular complexity index is 405. The van der Waals surface area contributed by atoms with Crippen LogP contribution in [0.5, 0.6) is 5.19 Å². The number of esters is 1. The maximum Gasteiger partial charge on any atom is 0.369 e. The number of likely N-dealkylation sites (tertiary alicyclic amines) is 1. The van der Waals surface area contributed by atoms with E-state index in [1.54, 1.807) is 6.92 Å². The van der Waals surface area contributed by atoms with E-state index in [2.05, 4.69) is 15.1 Å². The number of rotatable bonds is 6. The molecule has 0 saturated carbocycles. The summed E-state index contributed by atoms with van der Waals surface area (Å²) in [6.07, 6.45) is 3.87. The summed E-state index contributed by atoms with van der Waals surface area (Å²) in [5, 5.41) is 8.26. The van der Waals surface area contributed by atoms with E-state index >= 15 is 0 Å². The lowest BCUT2D eigenvalue weighted by molar-refractivity contribution is 0.0525. The monoisotopic (exact) mass is 285 g/mol. The molecule has 0 amide bonds. The summed E-state index contributed by atoms with van der Waals surface area (Å²) in [6.45, 7) is 5.87. The SMILES string of the molecule is CCOC(=O)c1nnc(OCCN2CCCCC2)s1. The molecule has 2 heterocycles. The van der Waals surface area contributed by atoms with Gasteiger partial charge in [-0.1, -0.05) is 11.5 Å². The van der Waals surface area contributed by atoms with Crippen molar-refractivity contribution in [3.63, 3.8) is 0 Å². The molecule has 106 valence electrons. The van der Waals surface area contributed by atoms with Crippen LogP contribution >= 0.6 is 11.3 Å². The van der Waals surface area contributed by atoms with Crippen LogP contribution in [0.15, 0.2) is 0 Å². The van der Waals surface area contributed by atoms with Crippen molar-refractivity contribution >= 4 is 17.3 Å². The molecule has 0 radical (unpaired) electrons. The van der Waals surface area contributed by atoms with Crippen molar-refractivity contribution < 1.29 is 14.3 Å². The molecule has 1 aliphatic rings. The number of nitrogens with zero attached hydrogens (tertiary/aromatic N) is 3. The first-order valence-corrected chi connectivity index (χ1v) is 7.47. The highest BCUT2D eigenvalue weighted by Crippen LogP contribution is 2.18. The fraction of sp³-hybridized carbons (Fsp3) is 0.750. The number of ether oxygens (including phenoxy) is 2. The lowest BCUT2D eigenvalue weighted by Crippen LogP contribution is -2.33. The van der Waals surface area contributed by atoms with Crippen molar-refractivity contribution in [3.8, 4) is 5.19 Å². The number of carbonyl (C=O) groups excluding carboxylic acids is 1. The third-order valence-corrected chi connectivity index (χ3v) is 3.75. The molecule has 2 rings (SSSR count). The Morgan fingerprint density at radius 3 is 2.84 bits per heavy atom. The van der Waals surface area contributed by atoms with E-state index in [1.807, 2.05) is 0 Å². The van der Waals surface area contributed by atoms with Crippen molar-refractivity contribution in [2.24, 2.45) is 0 Å². The zero-order valence-electron chi connectivity index (χ0n) is 11.1. The standard InChI is InChI=1S/C12H19N3O3S/c1-2-17-11(16)10-13-14-12(19-10)18-9-8-15-6-4-3-5-7-15/h2-9H2,1H3. The first-order valence-electron chi connectivity index (χ1n) is 6.65. The normalized spacial score (nSPS) is 16.3. The van der Waals surface area contributed by atoms with Crippen LogP contribution in [0.1, 0.15) is 36.0 Å². The number of piperidine rings is 1. The van der Waals surface area contributed by atoms with Crippen molar-refractivity contribution in [1.29, 1.82) is 0 Å². The fourth-order valence-corrected chi connectivity index (χ4v) is 2.60. The Morgan fingerprint density at radius 1 is 1.32 bits per heavy atom. The molecule has 1 saturated heterocycles. The highest BCUT2D eigenvalue weighted by atomic mass is 32.1. The molecule has 1 aromatic heterocycles. The van der Waals surface area contributed by atoms with Crippen LogP contribution in [0.25, 0.3) is 0 Å². The predicted octanol–water partition coefficient (Wildman–Crippen LogP) is 1.58. The minimum absolute atomic E-state index is 0.245. The molecular weight excluding hydrogens is 266 g/mol. The van der Waals surface area contributed by atoms with Gasteiger partial charge in [-0.05, 0) is 44.2 Å². The van der Waals surface area contributed by atoms with Gasteiger partial charge in [0.25, 0.3) is 5.19 Å². The number of hydrogen-bond acceptors (Lipinski definition) is 7. The lowest BCUT2D eigenvalue weighted by Gasteiger charge is -2.25. The van der Waals surface area contributed by atoms with Gasteiger partial charge in [0.1, 0.15) is 6.61 Å². The molecule has 0 atom stereocenters. The van der Waals surface area contributed by atoms with Crippen LogP contribution in [0.4, 0.5) is 0 Å². The van der Waals surface area contributed by atoms with Crippen LogP contribution in [0, 0.1) is 0 Å². The smallest absolute Gasteiger partial charge is 0.369 e. The third kappa shape index (κ3) is 4.43. The number of aromatic nitrogens is 2. The molecule has 1 aliphatic heterocycles. The minimum Gasteiger partial charge on any atom is -0.468 e. The summed E-state index contributed by atoms with van der Waals surface area (Å²) in [5.41, 5.74) is 0. The molecule has 6 nitrogen and oxygen atoms in total. The molecule has 19 heavy (non-hydrogen) atoms. The predicted molar refractivity (Wildman–Crippen MR) is 71.7 cm³/mol. The van der Waals surface area contributed by atoms with E-state index in [-0.39, 0.29) is 5.01 Å². The van der Waals surface area contributed by atoms with Gasteiger partial charge in [-0.2, -0.15) is 0 Å². The lowest BCUT2D eigenvalue weighted by atomic mass is 10.1. The van der Waals surface area contributed by atoms with Gasteiger partial charge in [-0.15, -0.1) is 5.10 Å². The summed E-state index contributed by atoms with van der Waals surface area (Å²) in [4.78, 5) is 13.8. The topological polar surface area (TPSA) is 64.5 Å². The summed E-state index contributed by atoms with van der Waals surface area (Å²) in [5.74, 6) is -0.439. The van der Waals surface area contributed by atoms with E-state index < -0.39 is 5.97 Å². The molecule has 1 fully saturated rings. The van der Waals surface area contributed by atoms with Crippen LogP contribution in [0.2, 0.25) is 0 Å². The molecule has 0 bridgehead atoms. The number of carbonyl (C=O) groups is 1. The van der Waals surface area contributed by atoms with Gasteiger partial charge in [0, 0.05) is 6.54 Å². The van der Waals surface area contributed by atoms with Gasteiger partial charge >= 0.3 is 5.97 Å². The largest absolute Gasteiger partial charge is 0.468 e. The highest BCUT2D eigenvalue weighted by molar-refractivity contribution is 7.14. The van der Waals surface area contributed by atoms with Crippen molar-refractivity contribution in [1.82, 2.24) is 15.1 Å². The maximum atomic E-state index is 11.4. The first-order chi connectivity index (χ1) is 9.29. The van der Waals surface area contributed by atoms with Crippen molar-refractivity contribution in [2.75, 3.05) is 32.8 Å². The van der Waals surface area contributed by atoms with E-state index in [0.717, 1.165) is 31.0 Å². The quantitative estimate of drug-likeness (QED) is 0.739. The van der Waals surface area contributed by atoms with Crippen molar-refractivity contribution in [2.45, 2.75) is 26.2 Å². The summed E-state index contributed by atoms with van der Waals surface area (Å²) in [7, 11) is 0. The van der Waals surface area contributed by atoms with Crippen LogP contribution in [0.3, 0.4) is 0 Å². The van der Waals surface area contributed by atoms with E-state index in [1.165, 1.54) is 19.3 Å². The molecule has 7 heteroatoms. The Kier molecular flexibility index (Phi) is 5.53. The van der Waals surface area contributed by atoms with Gasteiger partial charge < -0.3 is 9.47 Å². The van der Waals surface area contributed by atoms with Gasteiger partial charge in [0.2, 0.25) is 5.01 Å². The van der Waals surface area contributed by atoms with Gasteiger partial charge in [-0.25, -0.2) is 4.79 Å². The highest BCUT2D eigenvalue weighted by Gasteiger charge is 2.15. The summed E-state index contributed by atoms with van der Waals surface area (Å²) in [6, 6.07) is 0. The molecule has 0 spiro atoms. The second-order valence-corrected chi connectivity index (χ2v) is 5.28. The third-order valence-electron chi connectivity index (χ3n) is 2.94. The maximum absolute atomic E-state index is 11.4. The average Bonchev–Trinajstić information content (AvgIpc) is 2.89. The molecule has 0 aromatic carbocycles. The Balaban J connectivity index is 1.72. The van der Waals surface area contributed by atoms with E-state index in [9.17, 15) is 4.79 Å². The van der Waals surface area contributed by atoms with Crippen LogP contribution in [-0.4, -0.2) is 53.9 Å². The molecule has 0 unspecified atom stereocenters. The van der Waals surface area contributed by atoms with Gasteiger partial charge in [-0.3, -0.25) is 4.90 Å². The molecule has 0 aliphatic carbocycles. The first kappa shape index (κ1) is 14.2. The van der Waals surface area contributed by atoms with Gasteiger partial charge in [0.15, 0.2) is 0 Å². The summed E-state index contributed by atoms with van der Waals surface area (Å²) < 4.78 is 10.4. The zero-order chi connectivity index (χ0) is 13.5. The molecular formula is C12H19N3O3S. The van der Waals surface area contributed by atoms with E-state index in [4.69, 9.17) is 9.47 Å². The minimum atomic E-state index is -0.439. The van der Waals surface area contributed by atoms with E-state index in [0.29, 0.717) is 18.4 Å². The Hall–Kier alpha value is -1.21. The average molecular weight is 285 g/mol. The Labute approximate surface area is 116 Å². The molecule has 1 aromatic rings. The fourth-order valence-electron chi connectivity index (χ4n) is 1.99. The van der Waals surface area contributed by atoms with Gasteiger partial charge in [0.05, 0.1) is 6.61 Å². The second-order valence-electron chi connectivity index (χ2n) is 4.34. The second kappa shape index (κ2) is 7.40.